The molecule has 0 spiro atoms. The van der Waals surface area contributed by atoms with Crippen LogP contribution in [0, 0.1) is 0 Å². The normalized spacial score (nSPS) is 21.1. The summed E-state index contributed by atoms with van der Waals surface area (Å²) in [5.41, 5.74) is 0.656. The van der Waals surface area contributed by atoms with E-state index in [0.717, 1.165) is 30.4 Å². The van der Waals surface area contributed by atoms with Crippen LogP contribution < -0.4 is 5.32 Å². The van der Waals surface area contributed by atoms with Crippen molar-refractivity contribution in [2.75, 3.05) is 20.1 Å². The minimum Gasteiger partial charge on any atom is -0.356 e. The first-order valence-electron chi connectivity index (χ1n) is 5.51. The Morgan fingerprint density at radius 3 is 3.12 bits per heavy atom. The zero-order valence-electron chi connectivity index (χ0n) is 9.29. The Balaban J connectivity index is 2.04. The minimum absolute atomic E-state index is 0.0886. The molecule has 0 aliphatic carbocycles. The maximum Gasteiger partial charge on any atom is 0.270 e. The number of piperidine rings is 1. The largest absolute Gasteiger partial charge is 0.356 e. The maximum atomic E-state index is 12.1. The average Bonchev–Trinajstić information content (AvgIpc) is 2.75. The number of hydrogen-bond donors (Lipinski definition) is 2. The van der Waals surface area contributed by atoms with Crippen molar-refractivity contribution in [1.82, 2.24) is 15.2 Å². The molecule has 88 valence electrons. The van der Waals surface area contributed by atoms with Gasteiger partial charge in [0.1, 0.15) is 5.69 Å². The van der Waals surface area contributed by atoms with E-state index in [1.807, 2.05) is 18.0 Å². The van der Waals surface area contributed by atoms with Crippen LogP contribution in [0.2, 0.25) is 0 Å². The number of rotatable bonds is 2. The van der Waals surface area contributed by atoms with Gasteiger partial charge >= 0.3 is 0 Å². The van der Waals surface area contributed by atoms with Crippen LogP contribution in [0.5, 0.6) is 0 Å². The Hall–Kier alpha value is -0.810. The molecule has 0 aromatic carbocycles. The molecule has 2 rings (SSSR count). The first kappa shape index (κ1) is 11.7. The molecule has 5 heteroatoms. The fourth-order valence-electron chi connectivity index (χ4n) is 2.06. The van der Waals surface area contributed by atoms with E-state index in [0.29, 0.717) is 11.7 Å². The molecule has 16 heavy (non-hydrogen) atoms. The molecule has 1 aliphatic rings. The second-order valence-electron chi connectivity index (χ2n) is 4.11. The van der Waals surface area contributed by atoms with Gasteiger partial charge in [-0.1, -0.05) is 0 Å². The van der Waals surface area contributed by atoms with Gasteiger partial charge in [-0.3, -0.25) is 4.79 Å². The van der Waals surface area contributed by atoms with E-state index >= 15 is 0 Å². The lowest BCUT2D eigenvalue weighted by Crippen LogP contribution is -2.47. The van der Waals surface area contributed by atoms with Crippen molar-refractivity contribution in [3.8, 4) is 0 Å². The fraction of sp³-hybridized carbons (Fsp3) is 0.545. The van der Waals surface area contributed by atoms with Gasteiger partial charge in [0.2, 0.25) is 0 Å². The Morgan fingerprint density at radius 1 is 1.69 bits per heavy atom. The van der Waals surface area contributed by atoms with Gasteiger partial charge in [0, 0.05) is 29.8 Å². The monoisotopic (exact) mass is 285 g/mol. The first-order valence-corrected chi connectivity index (χ1v) is 6.30. The van der Waals surface area contributed by atoms with Crippen molar-refractivity contribution < 1.29 is 4.79 Å². The maximum absolute atomic E-state index is 12.1. The number of aromatic amines is 1. The highest BCUT2D eigenvalue weighted by Crippen LogP contribution is 2.16. The van der Waals surface area contributed by atoms with E-state index in [1.165, 1.54) is 0 Å². The van der Waals surface area contributed by atoms with Gasteiger partial charge in [-0.25, -0.2) is 0 Å². The van der Waals surface area contributed by atoms with Gasteiger partial charge in [0.15, 0.2) is 0 Å². The molecular formula is C11H16BrN3O. The van der Waals surface area contributed by atoms with E-state index in [-0.39, 0.29) is 5.91 Å². The molecule has 0 saturated carbocycles. The highest BCUT2D eigenvalue weighted by atomic mass is 79.9. The highest BCUT2D eigenvalue weighted by Gasteiger charge is 2.24. The third-order valence-electron chi connectivity index (χ3n) is 3.00. The predicted molar refractivity (Wildman–Crippen MR) is 66.5 cm³/mol. The van der Waals surface area contributed by atoms with Crippen LogP contribution >= 0.6 is 15.9 Å². The molecule has 1 aliphatic heterocycles. The lowest BCUT2D eigenvalue weighted by Gasteiger charge is -2.32. The molecule has 0 bridgehead atoms. The molecule has 1 amide bonds. The van der Waals surface area contributed by atoms with Gasteiger partial charge in [-0.15, -0.1) is 0 Å². The number of carbonyl (C=O) groups excluding carboxylic acids is 1. The van der Waals surface area contributed by atoms with Crippen LogP contribution in [-0.4, -0.2) is 42.0 Å². The number of nitrogens with zero attached hydrogens (tertiary/aromatic N) is 1. The Bertz CT molecular complexity index is 377. The topological polar surface area (TPSA) is 48.1 Å². The van der Waals surface area contributed by atoms with Gasteiger partial charge < -0.3 is 15.2 Å². The summed E-state index contributed by atoms with van der Waals surface area (Å²) in [6.07, 6.45) is 4.00. The standard InChI is InChI=1S/C11H16BrN3O/c1-13-9-3-2-4-15(7-9)11(16)10-5-8(12)6-14-10/h5-6,9,13-14H,2-4,7H2,1H3. The second kappa shape index (κ2) is 5.01. The van der Waals surface area contributed by atoms with Crippen LogP contribution in [0.4, 0.5) is 0 Å². The van der Waals surface area contributed by atoms with Gasteiger partial charge in [-0.2, -0.15) is 0 Å². The van der Waals surface area contributed by atoms with Gasteiger partial charge in [0.25, 0.3) is 5.91 Å². The number of likely N-dealkylation sites (N-methyl/N-ethyl adjacent to an activating group) is 1. The third-order valence-corrected chi connectivity index (χ3v) is 3.45. The Morgan fingerprint density at radius 2 is 2.50 bits per heavy atom. The van der Waals surface area contributed by atoms with E-state index in [1.54, 1.807) is 6.20 Å². The molecule has 1 fully saturated rings. The average molecular weight is 286 g/mol. The second-order valence-corrected chi connectivity index (χ2v) is 5.03. The molecule has 1 saturated heterocycles. The summed E-state index contributed by atoms with van der Waals surface area (Å²) in [5, 5.41) is 3.23. The number of hydrogen-bond acceptors (Lipinski definition) is 2. The molecule has 1 aromatic rings. The summed E-state index contributed by atoms with van der Waals surface area (Å²) < 4.78 is 0.915. The number of likely N-dealkylation sites (tertiary alicyclic amines) is 1. The number of H-pyrrole nitrogens is 1. The molecule has 2 N–H and O–H groups in total. The summed E-state index contributed by atoms with van der Waals surface area (Å²) in [6, 6.07) is 2.25. The van der Waals surface area contributed by atoms with Crippen LogP contribution in [0.25, 0.3) is 0 Å². The van der Waals surface area contributed by atoms with Crippen molar-refractivity contribution in [3.63, 3.8) is 0 Å². The van der Waals surface area contributed by atoms with Crippen molar-refractivity contribution in [2.45, 2.75) is 18.9 Å². The van der Waals surface area contributed by atoms with Crippen molar-refractivity contribution in [1.29, 1.82) is 0 Å². The third kappa shape index (κ3) is 2.47. The van der Waals surface area contributed by atoms with Crippen molar-refractivity contribution in [3.05, 3.63) is 22.4 Å². The number of aromatic nitrogens is 1. The Kier molecular flexibility index (Phi) is 3.66. The van der Waals surface area contributed by atoms with Gasteiger partial charge in [-0.05, 0) is 41.9 Å². The van der Waals surface area contributed by atoms with Gasteiger partial charge in [0.05, 0.1) is 0 Å². The Labute approximate surface area is 104 Å². The lowest BCUT2D eigenvalue weighted by molar-refractivity contribution is 0.0693. The van der Waals surface area contributed by atoms with Crippen molar-refractivity contribution >= 4 is 21.8 Å². The van der Waals surface area contributed by atoms with Crippen LogP contribution in [-0.2, 0) is 0 Å². The predicted octanol–water partition coefficient (Wildman–Crippen LogP) is 1.60. The minimum atomic E-state index is 0.0886. The molecule has 4 nitrogen and oxygen atoms in total. The van der Waals surface area contributed by atoms with E-state index in [4.69, 9.17) is 0 Å². The molecular weight excluding hydrogens is 270 g/mol. The van der Waals surface area contributed by atoms with Crippen LogP contribution in [0.3, 0.4) is 0 Å². The molecule has 1 atom stereocenters. The van der Waals surface area contributed by atoms with Crippen LogP contribution in [0.15, 0.2) is 16.7 Å². The van der Waals surface area contributed by atoms with E-state index in [9.17, 15) is 4.79 Å². The summed E-state index contributed by atoms with van der Waals surface area (Å²) in [5.74, 6) is 0.0886. The molecule has 0 radical (unpaired) electrons. The van der Waals surface area contributed by atoms with E-state index in [2.05, 4.69) is 26.2 Å². The summed E-state index contributed by atoms with van der Waals surface area (Å²) in [4.78, 5) is 17.0. The zero-order valence-corrected chi connectivity index (χ0v) is 10.9. The summed E-state index contributed by atoms with van der Waals surface area (Å²) in [6.45, 7) is 1.65. The lowest BCUT2D eigenvalue weighted by atomic mass is 10.1. The first-order chi connectivity index (χ1) is 7.70. The summed E-state index contributed by atoms with van der Waals surface area (Å²) in [7, 11) is 1.95. The fourth-order valence-corrected chi connectivity index (χ4v) is 2.40. The SMILES string of the molecule is CNC1CCCN(C(=O)c2cc(Br)c[nH]2)C1. The van der Waals surface area contributed by atoms with Crippen molar-refractivity contribution in [2.24, 2.45) is 0 Å². The summed E-state index contributed by atoms with van der Waals surface area (Å²) >= 11 is 3.34. The smallest absolute Gasteiger partial charge is 0.270 e. The zero-order chi connectivity index (χ0) is 11.5. The quantitative estimate of drug-likeness (QED) is 0.867. The molecule has 1 unspecified atom stereocenters. The molecule has 1 aromatic heterocycles. The number of halogens is 1. The number of amides is 1. The van der Waals surface area contributed by atoms with E-state index < -0.39 is 0 Å². The highest BCUT2D eigenvalue weighted by molar-refractivity contribution is 9.10. The molecule has 2 heterocycles. The van der Waals surface area contributed by atoms with Crippen LogP contribution in [0.1, 0.15) is 23.3 Å². The number of carbonyl (C=O) groups is 1. The number of nitrogens with one attached hydrogen (secondary N) is 2.